The molecule has 0 atom stereocenters. The van der Waals surface area contributed by atoms with Gasteiger partial charge in [-0.15, -0.1) is 0 Å². The molecule has 2 heterocycles. The van der Waals surface area contributed by atoms with E-state index in [2.05, 4.69) is 11.0 Å². The van der Waals surface area contributed by atoms with Crippen LogP contribution >= 0.6 is 11.6 Å². The van der Waals surface area contributed by atoms with Crippen molar-refractivity contribution < 1.29 is 14.0 Å². The van der Waals surface area contributed by atoms with Crippen LogP contribution in [0, 0.1) is 0 Å². The fourth-order valence-corrected chi connectivity index (χ4v) is 3.78. The molecule has 0 N–H and O–H groups in total. The van der Waals surface area contributed by atoms with Gasteiger partial charge in [-0.2, -0.15) is 0 Å². The zero-order chi connectivity index (χ0) is 21.3. The zero-order valence-corrected chi connectivity index (χ0v) is 17.8. The van der Waals surface area contributed by atoms with Crippen LogP contribution in [0.25, 0.3) is 0 Å². The van der Waals surface area contributed by atoms with Gasteiger partial charge in [0.15, 0.2) is 5.78 Å². The summed E-state index contributed by atoms with van der Waals surface area (Å²) in [6.07, 6.45) is 0.783. The molecule has 0 fully saturated rings. The van der Waals surface area contributed by atoms with E-state index < -0.39 is 0 Å². The third kappa shape index (κ3) is 4.32. The number of amides is 1. The molecular weight excluding hydrogens is 400 g/mol. The number of halogens is 1. The summed E-state index contributed by atoms with van der Waals surface area (Å²) in [7, 11) is 4.00. The van der Waals surface area contributed by atoms with Gasteiger partial charge in [-0.1, -0.05) is 23.7 Å². The van der Waals surface area contributed by atoms with Gasteiger partial charge in [0.25, 0.3) is 5.91 Å². The molecule has 0 saturated heterocycles. The van der Waals surface area contributed by atoms with E-state index in [1.165, 1.54) is 5.56 Å². The maximum atomic E-state index is 13.0. The van der Waals surface area contributed by atoms with Gasteiger partial charge in [-0.05, 0) is 68.5 Å². The number of hydrogen-bond donors (Lipinski definition) is 0. The van der Waals surface area contributed by atoms with E-state index >= 15 is 0 Å². The molecule has 0 saturated carbocycles. The van der Waals surface area contributed by atoms with Crippen LogP contribution in [-0.4, -0.2) is 42.1 Å². The summed E-state index contributed by atoms with van der Waals surface area (Å²) < 4.78 is 5.95. The summed E-state index contributed by atoms with van der Waals surface area (Å²) in [5, 5.41) is 0.586. The molecule has 1 aliphatic rings. The molecule has 1 aromatic heterocycles. The summed E-state index contributed by atoms with van der Waals surface area (Å²) >= 11 is 5.88. The number of rotatable bonds is 5. The summed E-state index contributed by atoms with van der Waals surface area (Å²) in [4.78, 5) is 29.4. The second-order valence-electron chi connectivity index (χ2n) is 7.79. The minimum Gasteiger partial charge on any atom is -0.463 e. The van der Waals surface area contributed by atoms with Crippen LogP contribution in [0.5, 0.6) is 0 Å². The number of nitrogens with zero attached hydrogens (tertiary/aromatic N) is 2. The molecule has 0 aliphatic carbocycles. The minimum absolute atomic E-state index is 0.0586. The zero-order valence-electron chi connectivity index (χ0n) is 17.0. The van der Waals surface area contributed by atoms with Gasteiger partial charge in [-0.25, -0.2) is 0 Å². The molecule has 2 aromatic carbocycles. The van der Waals surface area contributed by atoms with Crippen molar-refractivity contribution in [2.24, 2.45) is 0 Å². The molecule has 6 heteroatoms. The number of carbonyl (C=O) groups excluding carboxylic acids is 2. The smallest absolute Gasteiger partial charge is 0.254 e. The van der Waals surface area contributed by atoms with Crippen LogP contribution in [0.3, 0.4) is 0 Å². The molecule has 0 spiro atoms. The summed E-state index contributed by atoms with van der Waals surface area (Å²) in [6.45, 7) is 1.86. The van der Waals surface area contributed by atoms with Gasteiger partial charge < -0.3 is 14.2 Å². The van der Waals surface area contributed by atoms with E-state index in [0.717, 1.165) is 24.5 Å². The van der Waals surface area contributed by atoms with E-state index in [-0.39, 0.29) is 11.7 Å². The first kappa shape index (κ1) is 20.4. The highest BCUT2D eigenvalue weighted by Gasteiger charge is 2.25. The van der Waals surface area contributed by atoms with Gasteiger partial charge in [0, 0.05) is 28.3 Å². The number of hydrogen-bond acceptors (Lipinski definition) is 4. The number of furan rings is 1. The van der Waals surface area contributed by atoms with E-state index in [9.17, 15) is 9.59 Å². The van der Waals surface area contributed by atoms with Crippen molar-refractivity contribution in [3.05, 3.63) is 93.4 Å². The molecule has 1 amide bonds. The molecule has 3 aromatic rings. The molecule has 0 radical (unpaired) electrons. The van der Waals surface area contributed by atoms with Gasteiger partial charge >= 0.3 is 0 Å². The predicted molar refractivity (Wildman–Crippen MR) is 116 cm³/mol. The third-order valence-corrected chi connectivity index (χ3v) is 5.44. The summed E-state index contributed by atoms with van der Waals surface area (Å²) in [5.74, 6) is 1.62. The van der Waals surface area contributed by atoms with E-state index in [4.69, 9.17) is 16.0 Å². The molecular formula is C24H23ClN2O3. The van der Waals surface area contributed by atoms with Crippen molar-refractivity contribution in [3.63, 3.8) is 0 Å². The van der Waals surface area contributed by atoms with Crippen LogP contribution < -0.4 is 0 Å². The van der Waals surface area contributed by atoms with Crippen molar-refractivity contribution in [2.45, 2.75) is 19.5 Å². The molecule has 5 nitrogen and oxygen atoms in total. The average Bonchev–Trinajstić information content (AvgIpc) is 3.14. The first-order valence-corrected chi connectivity index (χ1v) is 10.2. The Bertz CT molecular complexity index is 1070. The molecule has 4 rings (SSSR count). The maximum absolute atomic E-state index is 13.0. The average molecular weight is 423 g/mol. The third-order valence-electron chi connectivity index (χ3n) is 5.19. The summed E-state index contributed by atoms with van der Waals surface area (Å²) in [6, 6.07) is 15.7. The van der Waals surface area contributed by atoms with Crippen LogP contribution in [0.2, 0.25) is 5.02 Å². The van der Waals surface area contributed by atoms with Gasteiger partial charge in [-0.3, -0.25) is 9.59 Å². The van der Waals surface area contributed by atoms with Crippen LogP contribution in [-0.2, 0) is 19.5 Å². The van der Waals surface area contributed by atoms with Gasteiger partial charge in [0.2, 0.25) is 0 Å². The number of benzene rings is 2. The minimum atomic E-state index is -0.0997. The quantitative estimate of drug-likeness (QED) is 0.571. The van der Waals surface area contributed by atoms with Crippen molar-refractivity contribution in [1.29, 1.82) is 0 Å². The molecule has 1 aliphatic heterocycles. The highest BCUT2D eigenvalue weighted by atomic mass is 35.5. The Morgan fingerprint density at radius 1 is 1.00 bits per heavy atom. The fraction of sp³-hybridized carbons (Fsp3) is 0.250. The predicted octanol–water partition coefficient (Wildman–Crippen LogP) is 4.42. The SMILES string of the molecule is CN(C)Cc1cc2c(o1)CN(C(=O)c1ccc(C(=O)c3ccc(Cl)cc3)cc1)CC2. The largest absolute Gasteiger partial charge is 0.463 e. The number of ketones is 1. The first-order valence-electron chi connectivity index (χ1n) is 9.85. The Labute approximate surface area is 180 Å². The Morgan fingerprint density at radius 2 is 1.60 bits per heavy atom. The lowest BCUT2D eigenvalue weighted by atomic mass is 10.0. The lowest BCUT2D eigenvalue weighted by Gasteiger charge is -2.26. The molecule has 0 unspecified atom stereocenters. The van der Waals surface area contributed by atoms with Crippen LogP contribution in [0.1, 0.15) is 43.4 Å². The normalized spacial score (nSPS) is 13.4. The maximum Gasteiger partial charge on any atom is 0.254 e. The Balaban J connectivity index is 1.45. The second kappa shape index (κ2) is 8.46. The van der Waals surface area contributed by atoms with Crippen molar-refractivity contribution in [3.8, 4) is 0 Å². The lowest BCUT2D eigenvalue weighted by Crippen LogP contribution is -2.35. The molecule has 30 heavy (non-hydrogen) atoms. The molecule has 154 valence electrons. The van der Waals surface area contributed by atoms with Crippen LogP contribution in [0.4, 0.5) is 0 Å². The van der Waals surface area contributed by atoms with Crippen LogP contribution in [0.15, 0.2) is 59.0 Å². The monoisotopic (exact) mass is 422 g/mol. The van der Waals surface area contributed by atoms with E-state index in [1.54, 1.807) is 53.4 Å². The Morgan fingerprint density at radius 3 is 2.23 bits per heavy atom. The number of carbonyl (C=O) groups is 2. The highest BCUT2D eigenvalue weighted by Crippen LogP contribution is 2.25. The van der Waals surface area contributed by atoms with Gasteiger partial charge in [0.1, 0.15) is 11.5 Å². The van der Waals surface area contributed by atoms with Crippen molar-refractivity contribution in [2.75, 3.05) is 20.6 Å². The van der Waals surface area contributed by atoms with Crippen molar-refractivity contribution >= 4 is 23.3 Å². The first-order chi connectivity index (χ1) is 14.4. The number of fused-ring (bicyclic) bond motifs is 1. The lowest BCUT2D eigenvalue weighted by molar-refractivity contribution is 0.0718. The topological polar surface area (TPSA) is 53.8 Å². The fourth-order valence-electron chi connectivity index (χ4n) is 3.66. The van der Waals surface area contributed by atoms with Crippen molar-refractivity contribution in [1.82, 2.24) is 9.80 Å². The second-order valence-corrected chi connectivity index (χ2v) is 8.23. The molecule has 0 bridgehead atoms. The van der Waals surface area contributed by atoms with E-state index in [0.29, 0.717) is 34.8 Å². The highest BCUT2D eigenvalue weighted by molar-refractivity contribution is 6.30. The van der Waals surface area contributed by atoms with Gasteiger partial charge in [0.05, 0.1) is 13.1 Å². The summed E-state index contributed by atoms with van der Waals surface area (Å²) in [5.41, 5.74) is 2.84. The van der Waals surface area contributed by atoms with E-state index in [1.807, 2.05) is 14.1 Å². The Hall–Kier alpha value is -2.89. The standard InChI is InChI=1S/C24H23ClN2O3/c1-26(2)14-21-13-19-11-12-27(15-22(19)30-21)24(29)18-5-3-16(4-6-18)23(28)17-7-9-20(25)10-8-17/h3-10,13H,11-12,14-15H2,1-2H3. The Kier molecular flexibility index (Phi) is 5.75.